The van der Waals surface area contributed by atoms with Crippen LogP contribution < -0.4 is 5.73 Å². The molecule has 0 aliphatic carbocycles. The predicted molar refractivity (Wildman–Crippen MR) is 58.2 cm³/mol. The monoisotopic (exact) mass is 239 g/mol. The molecular weight excluding hydrogens is 226 g/mol. The molecule has 1 aromatic carbocycles. The van der Waals surface area contributed by atoms with Gasteiger partial charge in [-0.05, 0) is 17.7 Å². The molecule has 5 N–H and O–H groups in total. The number of aliphatic hydroxyl groups is 2. The molecule has 1 amide bonds. The van der Waals surface area contributed by atoms with Gasteiger partial charge in [-0.25, -0.2) is 0 Å². The first-order valence-electron chi connectivity index (χ1n) is 4.89. The van der Waals surface area contributed by atoms with E-state index in [-0.39, 0.29) is 5.56 Å². The number of aliphatic hydroxyl groups excluding tert-OH is 2. The van der Waals surface area contributed by atoms with Crippen LogP contribution >= 0.6 is 0 Å². The van der Waals surface area contributed by atoms with Crippen LogP contribution in [0.15, 0.2) is 24.3 Å². The second-order valence-electron chi connectivity index (χ2n) is 3.60. The van der Waals surface area contributed by atoms with Crippen molar-refractivity contribution in [2.75, 3.05) is 0 Å². The fourth-order valence-electron chi connectivity index (χ4n) is 1.36. The molecule has 0 radical (unpaired) electrons. The lowest BCUT2D eigenvalue weighted by Gasteiger charge is -2.16. The summed E-state index contributed by atoms with van der Waals surface area (Å²) >= 11 is 0. The lowest BCUT2D eigenvalue weighted by Crippen LogP contribution is -2.22. The highest BCUT2D eigenvalue weighted by Crippen LogP contribution is 2.19. The number of hydrogen-bond acceptors (Lipinski definition) is 4. The molecule has 6 heteroatoms. The summed E-state index contributed by atoms with van der Waals surface area (Å²) in [5, 5.41) is 27.5. The van der Waals surface area contributed by atoms with E-state index in [1.165, 1.54) is 24.3 Å². The highest BCUT2D eigenvalue weighted by Gasteiger charge is 2.21. The average molecular weight is 239 g/mol. The number of hydrogen-bond donors (Lipinski definition) is 4. The lowest BCUT2D eigenvalue weighted by molar-refractivity contribution is -0.141. The van der Waals surface area contributed by atoms with Gasteiger partial charge in [0, 0.05) is 5.56 Å². The first-order valence-corrected chi connectivity index (χ1v) is 4.89. The van der Waals surface area contributed by atoms with Crippen LogP contribution in [-0.4, -0.2) is 33.3 Å². The van der Waals surface area contributed by atoms with Crippen molar-refractivity contribution in [2.24, 2.45) is 5.73 Å². The molecule has 92 valence electrons. The highest BCUT2D eigenvalue weighted by molar-refractivity contribution is 5.92. The van der Waals surface area contributed by atoms with Crippen molar-refractivity contribution >= 4 is 11.9 Å². The molecule has 0 saturated heterocycles. The minimum Gasteiger partial charge on any atom is -0.481 e. The summed E-state index contributed by atoms with van der Waals surface area (Å²) in [4.78, 5) is 21.2. The second kappa shape index (κ2) is 5.42. The SMILES string of the molecule is NC(=O)c1ccc(C(O)C(O)CC(=O)O)cc1. The first kappa shape index (κ1) is 13.1. The van der Waals surface area contributed by atoms with Crippen molar-refractivity contribution in [1.29, 1.82) is 0 Å². The Morgan fingerprint density at radius 3 is 2.12 bits per heavy atom. The van der Waals surface area contributed by atoms with Gasteiger partial charge in [0.15, 0.2) is 0 Å². The van der Waals surface area contributed by atoms with Gasteiger partial charge in [0.1, 0.15) is 6.10 Å². The molecule has 2 unspecified atom stereocenters. The molecule has 1 rings (SSSR count). The smallest absolute Gasteiger partial charge is 0.306 e. The highest BCUT2D eigenvalue weighted by atomic mass is 16.4. The normalized spacial score (nSPS) is 14.0. The molecule has 2 atom stereocenters. The predicted octanol–water partition coefficient (Wildman–Crippen LogP) is -0.346. The Labute approximate surface area is 97.3 Å². The quantitative estimate of drug-likeness (QED) is 0.559. The average Bonchev–Trinajstić information content (AvgIpc) is 2.27. The van der Waals surface area contributed by atoms with Crippen molar-refractivity contribution in [3.8, 4) is 0 Å². The Bertz CT molecular complexity index is 414. The van der Waals surface area contributed by atoms with Crippen LogP contribution in [0.3, 0.4) is 0 Å². The van der Waals surface area contributed by atoms with E-state index < -0.39 is 30.5 Å². The lowest BCUT2D eigenvalue weighted by atomic mass is 10.0. The fourth-order valence-corrected chi connectivity index (χ4v) is 1.36. The van der Waals surface area contributed by atoms with E-state index in [9.17, 15) is 19.8 Å². The number of carbonyl (C=O) groups excluding carboxylic acids is 1. The Balaban J connectivity index is 2.78. The van der Waals surface area contributed by atoms with Gasteiger partial charge in [-0.3, -0.25) is 9.59 Å². The fraction of sp³-hybridized carbons (Fsp3) is 0.273. The summed E-state index contributed by atoms with van der Waals surface area (Å²) in [5.41, 5.74) is 5.63. The van der Waals surface area contributed by atoms with Gasteiger partial charge < -0.3 is 21.1 Å². The maximum Gasteiger partial charge on any atom is 0.306 e. The largest absolute Gasteiger partial charge is 0.481 e. The number of amides is 1. The molecule has 0 bridgehead atoms. The minimum absolute atomic E-state index is 0.272. The van der Waals surface area contributed by atoms with E-state index in [2.05, 4.69) is 0 Å². The topological polar surface area (TPSA) is 121 Å². The summed E-state index contributed by atoms with van der Waals surface area (Å²) in [6, 6.07) is 5.62. The number of aliphatic carboxylic acids is 1. The Hall–Kier alpha value is -1.92. The third-order valence-corrected chi connectivity index (χ3v) is 2.28. The Morgan fingerprint density at radius 2 is 1.71 bits per heavy atom. The van der Waals surface area contributed by atoms with E-state index in [1.54, 1.807) is 0 Å². The third kappa shape index (κ3) is 3.54. The molecule has 1 aromatic rings. The molecule has 0 spiro atoms. The van der Waals surface area contributed by atoms with Crippen LogP contribution in [0.4, 0.5) is 0 Å². The molecule has 17 heavy (non-hydrogen) atoms. The zero-order valence-corrected chi connectivity index (χ0v) is 8.91. The van der Waals surface area contributed by atoms with Crippen LogP contribution in [0.1, 0.15) is 28.4 Å². The van der Waals surface area contributed by atoms with Crippen molar-refractivity contribution in [3.05, 3.63) is 35.4 Å². The van der Waals surface area contributed by atoms with Gasteiger partial charge >= 0.3 is 5.97 Å². The second-order valence-corrected chi connectivity index (χ2v) is 3.60. The summed E-state index contributed by atoms with van der Waals surface area (Å²) in [7, 11) is 0. The number of nitrogens with two attached hydrogens (primary N) is 1. The molecule has 0 heterocycles. The number of carboxylic acids is 1. The summed E-state index contributed by atoms with van der Waals surface area (Å²) < 4.78 is 0. The zero-order chi connectivity index (χ0) is 13.0. The van der Waals surface area contributed by atoms with Crippen LogP contribution in [0.25, 0.3) is 0 Å². The molecule has 0 saturated carbocycles. The van der Waals surface area contributed by atoms with Gasteiger partial charge in [0.05, 0.1) is 12.5 Å². The maximum absolute atomic E-state index is 10.8. The van der Waals surface area contributed by atoms with E-state index in [0.29, 0.717) is 5.56 Å². The summed E-state index contributed by atoms with van der Waals surface area (Å²) in [6.45, 7) is 0. The Kier molecular flexibility index (Phi) is 4.19. The number of benzene rings is 1. The van der Waals surface area contributed by atoms with E-state index in [1.807, 2.05) is 0 Å². The van der Waals surface area contributed by atoms with Gasteiger partial charge in [-0.1, -0.05) is 12.1 Å². The van der Waals surface area contributed by atoms with Gasteiger partial charge in [-0.2, -0.15) is 0 Å². The standard InChI is InChI=1S/C11H13NO5/c12-11(17)7-3-1-6(2-4-7)10(16)8(13)5-9(14)15/h1-4,8,10,13,16H,5H2,(H2,12,17)(H,14,15). The van der Waals surface area contributed by atoms with Crippen LogP contribution in [-0.2, 0) is 4.79 Å². The number of rotatable bonds is 5. The molecule has 6 nitrogen and oxygen atoms in total. The van der Waals surface area contributed by atoms with E-state index >= 15 is 0 Å². The first-order chi connectivity index (χ1) is 7.91. The van der Waals surface area contributed by atoms with Crippen molar-refractivity contribution in [2.45, 2.75) is 18.6 Å². The minimum atomic E-state index is -1.40. The number of carboxylic acid groups (broad SMARTS) is 1. The third-order valence-electron chi connectivity index (χ3n) is 2.28. The van der Waals surface area contributed by atoms with Crippen LogP contribution in [0, 0.1) is 0 Å². The zero-order valence-electron chi connectivity index (χ0n) is 8.91. The van der Waals surface area contributed by atoms with Gasteiger partial charge in [0.25, 0.3) is 0 Å². The molecule has 0 fully saturated rings. The molecule has 0 aliphatic rings. The van der Waals surface area contributed by atoms with Crippen LogP contribution in [0.2, 0.25) is 0 Å². The maximum atomic E-state index is 10.8. The van der Waals surface area contributed by atoms with E-state index in [4.69, 9.17) is 10.8 Å². The molecular formula is C11H13NO5. The number of carbonyl (C=O) groups is 2. The molecule has 0 aliphatic heterocycles. The van der Waals surface area contributed by atoms with Crippen LogP contribution in [0.5, 0.6) is 0 Å². The van der Waals surface area contributed by atoms with E-state index in [0.717, 1.165) is 0 Å². The van der Waals surface area contributed by atoms with Gasteiger partial charge in [-0.15, -0.1) is 0 Å². The molecule has 0 aromatic heterocycles. The van der Waals surface area contributed by atoms with Crippen molar-refractivity contribution in [1.82, 2.24) is 0 Å². The summed E-state index contributed by atoms with van der Waals surface area (Å²) in [6.07, 6.45) is -3.27. The van der Waals surface area contributed by atoms with Crippen molar-refractivity contribution < 1.29 is 24.9 Å². The number of primary amides is 1. The Morgan fingerprint density at radius 1 is 1.18 bits per heavy atom. The summed E-state index contributed by atoms with van der Waals surface area (Å²) in [5.74, 6) is -1.80. The van der Waals surface area contributed by atoms with Gasteiger partial charge in [0.2, 0.25) is 5.91 Å². The van der Waals surface area contributed by atoms with Crippen molar-refractivity contribution in [3.63, 3.8) is 0 Å².